The molecule has 1 heterocycles. The van der Waals surface area contributed by atoms with E-state index in [0.29, 0.717) is 6.54 Å². The molecule has 0 bridgehead atoms. The SMILES string of the molecule is COC(C)(C)CNc1ccc2ncccc2c1N. The number of methoxy groups -OCH3 is 1. The third-order valence-corrected chi connectivity index (χ3v) is 3.08. The first-order chi connectivity index (χ1) is 8.53. The zero-order valence-corrected chi connectivity index (χ0v) is 11.0. The van der Waals surface area contributed by atoms with Crippen molar-refractivity contribution in [2.24, 2.45) is 0 Å². The van der Waals surface area contributed by atoms with Crippen molar-refractivity contribution in [2.75, 3.05) is 24.7 Å². The number of nitrogens with zero attached hydrogens (tertiary/aromatic N) is 1. The van der Waals surface area contributed by atoms with Gasteiger partial charge < -0.3 is 15.8 Å². The van der Waals surface area contributed by atoms with Crippen molar-refractivity contribution < 1.29 is 4.74 Å². The molecule has 2 aromatic rings. The van der Waals surface area contributed by atoms with Crippen molar-refractivity contribution in [1.82, 2.24) is 4.98 Å². The first-order valence-electron chi connectivity index (χ1n) is 5.96. The van der Waals surface area contributed by atoms with E-state index >= 15 is 0 Å². The molecular formula is C14H19N3O. The molecule has 2 rings (SSSR count). The predicted molar refractivity (Wildman–Crippen MR) is 75.7 cm³/mol. The molecule has 96 valence electrons. The lowest BCUT2D eigenvalue weighted by atomic mass is 10.1. The van der Waals surface area contributed by atoms with Crippen LogP contribution in [0, 0.1) is 0 Å². The molecule has 4 nitrogen and oxygen atoms in total. The summed E-state index contributed by atoms with van der Waals surface area (Å²) < 4.78 is 5.37. The van der Waals surface area contributed by atoms with Crippen molar-refractivity contribution in [3.8, 4) is 0 Å². The van der Waals surface area contributed by atoms with Gasteiger partial charge in [0.05, 0.1) is 22.5 Å². The fraction of sp³-hybridized carbons (Fsp3) is 0.357. The molecule has 0 aliphatic rings. The molecule has 0 saturated carbocycles. The summed E-state index contributed by atoms with van der Waals surface area (Å²) in [6.07, 6.45) is 1.77. The molecule has 0 unspecified atom stereocenters. The Kier molecular flexibility index (Phi) is 3.39. The Balaban J connectivity index is 2.27. The van der Waals surface area contributed by atoms with E-state index in [1.54, 1.807) is 13.3 Å². The predicted octanol–water partition coefficient (Wildman–Crippen LogP) is 2.65. The van der Waals surface area contributed by atoms with Crippen LogP contribution < -0.4 is 11.1 Å². The van der Waals surface area contributed by atoms with Crippen LogP contribution in [0.15, 0.2) is 30.5 Å². The summed E-state index contributed by atoms with van der Waals surface area (Å²) >= 11 is 0. The van der Waals surface area contributed by atoms with Gasteiger partial charge in [-0.15, -0.1) is 0 Å². The average molecular weight is 245 g/mol. The van der Waals surface area contributed by atoms with Crippen LogP contribution in [-0.4, -0.2) is 24.2 Å². The van der Waals surface area contributed by atoms with Gasteiger partial charge in [-0.05, 0) is 38.1 Å². The summed E-state index contributed by atoms with van der Waals surface area (Å²) in [5.41, 5.74) is 8.48. The number of fused-ring (bicyclic) bond motifs is 1. The highest BCUT2D eigenvalue weighted by Gasteiger charge is 2.16. The van der Waals surface area contributed by atoms with Gasteiger partial charge >= 0.3 is 0 Å². The third-order valence-electron chi connectivity index (χ3n) is 3.08. The van der Waals surface area contributed by atoms with Crippen LogP contribution in [-0.2, 0) is 4.74 Å². The number of aromatic nitrogens is 1. The number of ether oxygens (including phenoxy) is 1. The fourth-order valence-corrected chi connectivity index (χ4v) is 1.71. The number of hydrogen-bond donors (Lipinski definition) is 2. The van der Waals surface area contributed by atoms with Crippen LogP contribution in [0.3, 0.4) is 0 Å². The number of nitrogens with two attached hydrogens (primary N) is 1. The molecule has 0 spiro atoms. The van der Waals surface area contributed by atoms with E-state index in [0.717, 1.165) is 22.3 Å². The van der Waals surface area contributed by atoms with Crippen molar-refractivity contribution in [2.45, 2.75) is 19.4 Å². The highest BCUT2D eigenvalue weighted by Crippen LogP contribution is 2.27. The highest BCUT2D eigenvalue weighted by molar-refractivity contribution is 5.96. The molecular weight excluding hydrogens is 226 g/mol. The topological polar surface area (TPSA) is 60.2 Å². The number of pyridine rings is 1. The van der Waals surface area contributed by atoms with Gasteiger partial charge in [-0.3, -0.25) is 4.98 Å². The Morgan fingerprint density at radius 2 is 2.11 bits per heavy atom. The lowest BCUT2D eigenvalue weighted by molar-refractivity contribution is 0.0344. The van der Waals surface area contributed by atoms with Crippen LogP contribution in [0.5, 0.6) is 0 Å². The van der Waals surface area contributed by atoms with Crippen LogP contribution in [0.25, 0.3) is 10.9 Å². The zero-order valence-electron chi connectivity index (χ0n) is 11.0. The number of benzene rings is 1. The first-order valence-corrected chi connectivity index (χ1v) is 5.96. The van der Waals surface area contributed by atoms with Crippen molar-refractivity contribution >= 4 is 22.3 Å². The second-order valence-corrected chi connectivity index (χ2v) is 4.91. The molecule has 4 heteroatoms. The monoisotopic (exact) mass is 245 g/mol. The third kappa shape index (κ3) is 2.54. The Morgan fingerprint density at radius 1 is 1.33 bits per heavy atom. The van der Waals surface area contributed by atoms with Gasteiger partial charge in [-0.25, -0.2) is 0 Å². The number of rotatable bonds is 4. The second-order valence-electron chi connectivity index (χ2n) is 4.91. The summed E-state index contributed by atoms with van der Waals surface area (Å²) in [7, 11) is 1.70. The normalized spacial score (nSPS) is 11.7. The first kappa shape index (κ1) is 12.6. The van der Waals surface area contributed by atoms with Crippen LogP contribution in [0.2, 0.25) is 0 Å². The molecule has 1 aromatic carbocycles. The van der Waals surface area contributed by atoms with Gasteiger partial charge in [-0.1, -0.05) is 0 Å². The Morgan fingerprint density at radius 3 is 2.83 bits per heavy atom. The van der Waals surface area contributed by atoms with E-state index in [9.17, 15) is 0 Å². The highest BCUT2D eigenvalue weighted by atomic mass is 16.5. The van der Waals surface area contributed by atoms with E-state index in [4.69, 9.17) is 10.5 Å². The van der Waals surface area contributed by atoms with Crippen molar-refractivity contribution in [1.29, 1.82) is 0 Å². The van der Waals surface area contributed by atoms with Gasteiger partial charge in [-0.2, -0.15) is 0 Å². The van der Waals surface area contributed by atoms with E-state index in [1.807, 2.05) is 38.1 Å². The maximum atomic E-state index is 6.15. The molecule has 0 aliphatic heterocycles. The largest absolute Gasteiger partial charge is 0.397 e. The number of hydrogen-bond acceptors (Lipinski definition) is 4. The Labute approximate surface area is 107 Å². The maximum Gasteiger partial charge on any atom is 0.0794 e. The lowest BCUT2D eigenvalue weighted by Gasteiger charge is -2.24. The number of nitrogens with one attached hydrogen (secondary N) is 1. The molecule has 18 heavy (non-hydrogen) atoms. The summed E-state index contributed by atoms with van der Waals surface area (Å²) in [4.78, 5) is 4.28. The van der Waals surface area contributed by atoms with E-state index < -0.39 is 0 Å². The lowest BCUT2D eigenvalue weighted by Crippen LogP contribution is -2.32. The second kappa shape index (κ2) is 4.82. The Bertz CT molecular complexity index is 552. The molecule has 0 atom stereocenters. The zero-order chi connectivity index (χ0) is 13.2. The Hall–Kier alpha value is -1.81. The van der Waals surface area contributed by atoms with Crippen LogP contribution in [0.4, 0.5) is 11.4 Å². The molecule has 0 amide bonds. The number of anilines is 2. The minimum absolute atomic E-state index is 0.226. The molecule has 0 aliphatic carbocycles. The summed E-state index contributed by atoms with van der Waals surface area (Å²) in [6, 6.07) is 7.79. The summed E-state index contributed by atoms with van der Waals surface area (Å²) in [5.74, 6) is 0. The maximum absolute atomic E-state index is 6.15. The quantitative estimate of drug-likeness (QED) is 0.813. The molecule has 0 radical (unpaired) electrons. The average Bonchev–Trinajstić information content (AvgIpc) is 2.38. The van der Waals surface area contributed by atoms with Crippen LogP contribution in [0.1, 0.15) is 13.8 Å². The van der Waals surface area contributed by atoms with E-state index in [1.165, 1.54) is 0 Å². The van der Waals surface area contributed by atoms with E-state index in [-0.39, 0.29) is 5.60 Å². The van der Waals surface area contributed by atoms with Gasteiger partial charge in [0.15, 0.2) is 0 Å². The molecule has 3 N–H and O–H groups in total. The fourth-order valence-electron chi connectivity index (χ4n) is 1.71. The minimum atomic E-state index is -0.226. The summed E-state index contributed by atoms with van der Waals surface area (Å²) in [6.45, 7) is 4.75. The number of nitrogen functional groups attached to an aromatic ring is 1. The van der Waals surface area contributed by atoms with Gasteiger partial charge in [0.25, 0.3) is 0 Å². The van der Waals surface area contributed by atoms with Crippen LogP contribution >= 0.6 is 0 Å². The van der Waals surface area contributed by atoms with Crippen molar-refractivity contribution in [3.63, 3.8) is 0 Å². The van der Waals surface area contributed by atoms with Gasteiger partial charge in [0, 0.05) is 25.2 Å². The van der Waals surface area contributed by atoms with E-state index in [2.05, 4.69) is 10.3 Å². The smallest absolute Gasteiger partial charge is 0.0794 e. The van der Waals surface area contributed by atoms with Crippen molar-refractivity contribution in [3.05, 3.63) is 30.5 Å². The standard InChI is InChI=1S/C14H19N3O/c1-14(2,18-3)9-17-12-7-6-11-10(13(12)15)5-4-8-16-11/h4-8,17H,9,15H2,1-3H3. The molecule has 0 fully saturated rings. The molecule has 0 saturated heterocycles. The minimum Gasteiger partial charge on any atom is -0.397 e. The molecule has 1 aromatic heterocycles. The van der Waals surface area contributed by atoms with Gasteiger partial charge in [0.1, 0.15) is 0 Å². The summed E-state index contributed by atoms with van der Waals surface area (Å²) in [5, 5.41) is 4.29. The van der Waals surface area contributed by atoms with Gasteiger partial charge in [0.2, 0.25) is 0 Å².